The lowest BCUT2D eigenvalue weighted by molar-refractivity contribution is 0.419. The highest BCUT2D eigenvalue weighted by Crippen LogP contribution is 2.34. The minimum absolute atomic E-state index is 1.05. The molecule has 0 atom stereocenters. The molecule has 1 aliphatic rings. The van der Waals surface area contributed by atoms with Crippen LogP contribution in [0.1, 0.15) is 12.0 Å². The predicted octanol–water partition coefficient (Wildman–Crippen LogP) is 5.01. The zero-order valence-corrected chi connectivity index (χ0v) is 15.4. The molecule has 0 spiro atoms. The molecule has 2 aromatic rings. The van der Waals surface area contributed by atoms with E-state index in [-0.39, 0.29) is 0 Å². The van der Waals surface area contributed by atoms with Crippen molar-refractivity contribution in [2.45, 2.75) is 26.4 Å². The predicted molar refractivity (Wildman–Crippen MR) is 102 cm³/mol. The standard InChI is InChI=1S/C21H24OSi/c1-16-14-19(17-10-6-5-7-11-17)21(22-2)20(15-16)23(3,4)18-12-8-9-13-18/h5-12,14-15H,13H2,1-4H3. The van der Waals surface area contributed by atoms with Gasteiger partial charge in [-0.3, -0.25) is 0 Å². The third-order valence-corrected chi connectivity index (χ3v) is 8.46. The second-order valence-electron chi connectivity index (χ2n) is 6.71. The quantitative estimate of drug-likeness (QED) is 0.719. The van der Waals surface area contributed by atoms with Gasteiger partial charge in [0.1, 0.15) is 13.8 Å². The molecule has 23 heavy (non-hydrogen) atoms. The molecule has 0 bridgehead atoms. The van der Waals surface area contributed by atoms with Gasteiger partial charge in [0.15, 0.2) is 0 Å². The molecule has 1 aliphatic carbocycles. The summed E-state index contributed by atoms with van der Waals surface area (Å²) >= 11 is 0. The molecule has 0 aliphatic heterocycles. The van der Waals surface area contributed by atoms with Gasteiger partial charge in [-0.2, -0.15) is 0 Å². The first-order valence-corrected chi connectivity index (χ1v) is 11.1. The van der Waals surface area contributed by atoms with Crippen molar-refractivity contribution in [2.75, 3.05) is 7.11 Å². The first kappa shape index (κ1) is 15.8. The van der Waals surface area contributed by atoms with E-state index in [1.165, 1.54) is 21.9 Å². The summed E-state index contributed by atoms with van der Waals surface area (Å²) in [5, 5.41) is 2.97. The van der Waals surface area contributed by atoms with Crippen LogP contribution in [-0.4, -0.2) is 15.2 Å². The second-order valence-corrected chi connectivity index (χ2v) is 11.1. The van der Waals surface area contributed by atoms with E-state index >= 15 is 0 Å². The Morgan fingerprint density at radius 3 is 2.39 bits per heavy atom. The number of hydrogen-bond donors (Lipinski definition) is 0. The van der Waals surface area contributed by atoms with Crippen molar-refractivity contribution in [1.82, 2.24) is 0 Å². The number of ether oxygens (including phenoxy) is 1. The average Bonchev–Trinajstić information content (AvgIpc) is 3.10. The van der Waals surface area contributed by atoms with Crippen molar-refractivity contribution in [2.24, 2.45) is 0 Å². The molecule has 0 aromatic heterocycles. The Morgan fingerprint density at radius 2 is 1.78 bits per heavy atom. The number of hydrogen-bond acceptors (Lipinski definition) is 1. The van der Waals surface area contributed by atoms with Crippen molar-refractivity contribution in [3.05, 3.63) is 71.5 Å². The monoisotopic (exact) mass is 320 g/mol. The van der Waals surface area contributed by atoms with Gasteiger partial charge in [-0.05, 0) is 30.2 Å². The number of allylic oxidation sites excluding steroid dienone is 4. The summed E-state index contributed by atoms with van der Waals surface area (Å²) in [7, 11) is 0.0640. The maximum Gasteiger partial charge on any atom is 0.126 e. The van der Waals surface area contributed by atoms with E-state index in [4.69, 9.17) is 4.74 Å². The van der Waals surface area contributed by atoms with Crippen molar-refractivity contribution in [1.29, 1.82) is 0 Å². The van der Waals surface area contributed by atoms with Crippen LogP contribution in [-0.2, 0) is 0 Å². The van der Waals surface area contributed by atoms with Crippen LogP contribution in [0.15, 0.2) is 65.9 Å². The molecule has 2 heteroatoms. The highest BCUT2D eigenvalue weighted by Gasteiger charge is 2.32. The highest BCUT2D eigenvalue weighted by atomic mass is 28.3. The third-order valence-electron chi connectivity index (χ3n) is 4.77. The summed E-state index contributed by atoms with van der Waals surface area (Å²) in [4.78, 5) is 0. The van der Waals surface area contributed by atoms with E-state index in [0.717, 1.165) is 12.2 Å². The SMILES string of the molecule is COc1c(-c2ccccc2)cc(C)cc1[Si](C)(C)C1=CC=CC1. The van der Waals surface area contributed by atoms with Gasteiger partial charge in [-0.15, -0.1) is 0 Å². The van der Waals surface area contributed by atoms with Crippen LogP contribution in [0.5, 0.6) is 5.75 Å². The van der Waals surface area contributed by atoms with Crippen LogP contribution in [0.25, 0.3) is 11.1 Å². The summed E-state index contributed by atoms with van der Waals surface area (Å²) in [6, 6.07) is 15.1. The van der Waals surface area contributed by atoms with Crippen LogP contribution in [0.2, 0.25) is 13.1 Å². The number of rotatable bonds is 4. The lowest BCUT2D eigenvalue weighted by Gasteiger charge is -2.28. The van der Waals surface area contributed by atoms with Gasteiger partial charge >= 0.3 is 0 Å². The van der Waals surface area contributed by atoms with Crippen LogP contribution >= 0.6 is 0 Å². The maximum atomic E-state index is 5.92. The fourth-order valence-electron chi connectivity index (χ4n) is 3.37. The minimum atomic E-state index is -1.73. The summed E-state index contributed by atoms with van der Waals surface area (Å²) in [6.45, 7) is 7.04. The highest BCUT2D eigenvalue weighted by molar-refractivity contribution is 6.96. The van der Waals surface area contributed by atoms with Gasteiger partial charge in [-0.1, -0.05) is 78.5 Å². The molecule has 0 N–H and O–H groups in total. The maximum absolute atomic E-state index is 5.92. The molecule has 0 radical (unpaired) electrons. The molecule has 0 amide bonds. The Hall–Kier alpha value is -2.06. The van der Waals surface area contributed by atoms with Gasteiger partial charge < -0.3 is 4.74 Å². The van der Waals surface area contributed by atoms with Crippen molar-refractivity contribution < 1.29 is 4.74 Å². The van der Waals surface area contributed by atoms with E-state index in [1.807, 2.05) is 0 Å². The summed E-state index contributed by atoms with van der Waals surface area (Å²) < 4.78 is 5.92. The zero-order chi connectivity index (χ0) is 16.4. The molecular formula is C21H24OSi. The van der Waals surface area contributed by atoms with Gasteiger partial charge in [-0.25, -0.2) is 0 Å². The molecule has 2 aromatic carbocycles. The number of methoxy groups -OCH3 is 1. The molecule has 0 saturated heterocycles. The van der Waals surface area contributed by atoms with Crippen LogP contribution in [0.4, 0.5) is 0 Å². The minimum Gasteiger partial charge on any atom is -0.496 e. The van der Waals surface area contributed by atoms with Crippen LogP contribution in [0.3, 0.4) is 0 Å². The lowest BCUT2D eigenvalue weighted by atomic mass is 10.0. The molecular weight excluding hydrogens is 296 g/mol. The first-order valence-electron chi connectivity index (χ1n) is 8.14. The average molecular weight is 321 g/mol. The molecule has 0 fully saturated rings. The number of benzene rings is 2. The fourth-order valence-corrected chi connectivity index (χ4v) is 6.25. The van der Waals surface area contributed by atoms with Crippen molar-refractivity contribution in [3.8, 4) is 16.9 Å². The molecule has 0 unspecified atom stereocenters. The summed E-state index contributed by atoms with van der Waals surface area (Å²) in [5.74, 6) is 1.05. The topological polar surface area (TPSA) is 9.23 Å². The van der Waals surface area contributed by atoms with Crippen LogP contribution < -0.4 is 9.92 Å². The second kappa shape index (κ2) is 6.21. The molecule has 1 nitrogen and oxygen atoms in total. The van der Waals surface area contributed by atoms with Crippen molar-refractivity contribution in [3.63, 3.8) is 0 Å². The lowest BCUT2D eigenvalue weighted by Crippen LogP contribution is -2.44. The van der Waals surface area contributed by atoms with Crippen LogP contribution in [0, 0.1) is 6.92 Å². The summed E-state index contributed by atoms with van der Waals surface area (Å²) in [5.41, 5.74) is 3.72. The molecule has 0 saturated carbocycles. The zero-order valence-electron chi connectivity index (χ0n) is 14.4. The molecule has 3 rings (SSSR count). The Labute approximate surface area is 140 Å². The van der Waals surface area contributed by atoms with E-state index in [1.54, 1.807) is 12.3 Å². The van der Waals surface area contributed by atoms with E-state index in [9.17, 15) is 0 Å². The molecule has 118 valence electrons. The largest absolute Gasteiger partial charge is 0.496 e. The van der Waals surface area contributed by atoms with Gasteiger partial charge in [0.2, 0.25) is 0 Å². The Kier molecular flexibility index (Phi) is 4.27. The fraction of sp³-hybridized carbons (Fsp3) is 0.238. The Morgan fingerprint density at radius 1 is 1.04 bits per heavy atom. The third kappa shape index (κ3) is 2.91. The normalized spacial score (nSPS) is 14.0. The molecule has 0 heterocycles. The first-order chi connectivity index (χ1) is 11.0. The smallest absolute Gasteiger partial charge is 0.126 e. The van der Waals surface area contributed by atoms with Gasteiger partial charge in [0.05, 0.1) is 7.11 Å². The number of aryl methyl sites for hydroxylation is 1. The summed E-state index contributed by atoms with van der Waals surface area (Å²) in [6.07, 6.45) is 7.82. The van der Waals surface area contributed by atoms with Gasteiger partial charge in [0, 0.05) is 5.56 Å². The Bertz CT molecular complexity index is 770. The van der Waals surface area contributed by atoms with E-state index in [0.29, 0.717) is 0 Å². The van der Waals surface area contributed by atoms with E-state index < -0.39 is 8.07 Å². The Balaban J connectivity index is 2.20. The van der Waals surface area contributed by atoms with E-state index in [2.05, 4.69) is 80.7 Å². The van der Waals surface area contributed by atoms with Gasteiger partial charge in [0.25, 0.3) is 0 Å². The van der Waals surface area contributed by atoms with Crippen molar-refractivity contribution >= 4 is 13.3 Å².